The maximum Gasteiger partial charge on any atom is 0.250 e. The molecule has 3 N–H and O–H groups in total. The first-order valence-corrected chi connectivity index (χ1v) is 10.3. The molecule has 6 nitrogen and oxygen atoms in total. The molecule has 0 spiro atoms. The van der Waals surface area contributed by atoms with E-state index in [9.17, 15) is 16.8 Å². The van der Waals surface area contributed by atoms with Crippen molar-refractivity contribution in [3.8, 4) is 0 Å². The summed E-state index contributed by atoms with van der Waals surface area (Å²) in [4.78, 5) is 0.0645. The number of rotatable bonds is 7. The molecule has 0 saturated carbocycles. The predicted octanol–water partition coefficient (Wildman–Crippen LogP) is 1.31. The topological polar surface area (TPSA) is 106 Å². The van der Waals surface area contributed by atoms with Gasteiger partial charge in [0.05, 0.1) is 4.90 Å². The van der Waals surface area contributed by atoms with Gasteiger partial charge in [0.15, 0.2) is 0 Å². The first kappa shape index (κ1) is 17.1. The molecule has 0 bridgehead atoms. The second kappa shape index (κ2) is 6.88. The van der Waals surface area contributed by atoms with Crippen LogP contribution in [0.1, 0.15) is 12.0 Å². The van der Waals surface area contributed by atoms with E-state index in [2.05, 4.69) is 4.72 Å². The van der Waals surface area contributed by atoms with Crippen LogP contribution in [0, 0.1) is 0 Å². The second-order valence-corrected chi connectivity index (χ2v) is 9.13. The lowest BCUT2D eigenvalue weighted by Gasteiger charge is -2.05. The summed E-state index contributed by atoms with van der Waals surface area (Å²) in [6, 6.07) is 9.48. The van der Waals surface area contributed by atoms with Gasteiger partial charge >= 0.3 is 0 Å². The highest BCUT2D eigenvalue weighted by Crippen LogP contribution is 2.15. The third-order valence-corrected chi connectivity index (χ3v) is 6.73. The van der Waals surface area contributed by atoms with E-state index in [0.717, 1.165) is 5.56 Å². The van der Waals surface area contributed by atoms with E-state index in [1.807, 2.05) is 0 Å². The Labute approximate surface area is 134 Å². The Morgan fingerprint density at radius 1 is 1.05 bits per heavy atom. The maximum absolute atomic E-state index is 11.9. The zero-order valence-corrected chi connectivity index (χ0v) is 14.0. The summed E-state index contributed by atoms with van der Waals surface area (Å²) in [6.45, 7) is 0.317. The molecule has 0 radical (unpaired) electrons. The van der Waals surface area contributed by atoms with E-state index < -0.39 is 20.0 Å². The minimum Gasteiger partial charge on any atom is -0.225 e. The summed E-state index contributed by atoms with van der Waals surface area (Å²) in [6.07, 6.45) is 1.25. The minimum absolute atomic E-state index is 0.0645. The molecule has 2 aromatic rings. The van der Waals surface area contributed by atoms with Gasteiger partial charge in [-0.05, 0) is 42.0 Å². The molecule has 9 heteroatoms. The highest BCUT2D eigenvalue weighted by atomic mass is 32.2. The van der Waals surface area contributed by atoms with Crippen LogP contribution in [0.15, 0.2) is 50.9 Å². The molecule has 0 saturated heterocycles. The number of primary sulfonamides is 1. The lowest BCUT2D eigenvalue weighted by molar-refractivity contribution is 0.581. The normalized spacial score (nSPS) is 12.4. The molecular weight excluding hydrogens is 344 g/mol. The Balaban J connectivity index is 1.85. The molecule has 22 heavy (non-hydrogen) atoms. The van der Waals surface area contributed by atoms with Crippen molar-refractivity contribution in [2.45, 2.75) is 21.9 Å². The summed E-state index contributed by atoms with van der Waals surface area (Å²) >= 11 is 1.17. The summed E-state index contributed by atoms with van der Waals surface area (Å²) in [7, 11) is -7.10. The monoisotopic (exact) mass is 360 g/mol. The van der Waals surface area contributed by atoms with Crippen molar-refractivity contribution in [2.75, 3.05) is 6.54 Å². The summed E-state index contributed by atoms with van der Waals surface area (Å²) in [5.74, 6) is 0. The molecule has 1 heterocycles. The molecule has 1 aromatic carbocycles. The lowest BCUT2D eigenvalue weighted by atomic mass is 10.1. The van der Waals surface area contributed by atoms with Gasteiger partial charge in [0.25, 0.3) is 0 Å². The van der Waals surface area contributed by atoms with Crippen LogP contribution in [-0.2, 0) is 26.5 Å². The fraction of sp³-hybridized carbons (Fsp3) is 0.231. The molecule has 0 atom stereocenters. The van der Waals surface area contributed by atoms with Crippen LogP contribution in [0.4, 0.5) is 0 Å². The average Bonchev–Trinajstić information content (AvgIpc) is 2.98. The van der Waals surface area contributed by atoms with Gasteiger partial charge in [-0.25, -0.2) is 26.7 Å². The second-order valence-electron chi connectivity index (χ2n) is 4.62. The van der Waals surface area contributed by atoms with Crippen LogP contribution in [0.3, 0.4) is 0 Å². The lowest BCUT2D eigenvalue weighted by Crippen LogP contribution is -2.24. The van der Waals surface area contributed by atoms with Gasteiger partial charge in [0.1, 0.15) is 4.21 Å². The fourth-order valence-electron chi connectivity index (χ4n) is 1.83. The van der Waals surface area contributed by atoms with Crippen molar-refractivity contribution in [3.05, 3.63) is 47.3 Å². The van der Waals surface area contributed by atoms with Gasteiger partial charge in [-0.3, -0.25) is 0 Å². The van der Waals surface area contributed by atoms with Gasteiger partial charge in [-0.2, -0.15) is 0 Å². The van der Waals surface area contributed by atoms with Crippen LogP contribution >= 0.6 is 11.3 Å². The Kier molecular flexibility index (Phi) is 5.35. The number of nitrogens with one attached hydrogen (secondary N) is 1. The molecule has 120 valence electrons. The van der Waals surface area contributed by atoms with E-state index in [1.165, 1.54) is 23.5 Å². The largest absolute Gasteiger partial charge is 0.250 e. The third-order valence-electron chi connectivity index (χ3n) is 2.95. The molecule has 0 amide bonds. The molecule has 0 aliphatic rings. The summed E-state index contributed by atoms with van der Waals surface area (Å²) in [5, 5.41) is 6.73. The van der Waals surface area contributed by atoms with Crippen molar-refractivity contribution in [2.24, 2.45) is 5.14 Å². The fourth-order valence-corrected chi connectivity index (χ4v) is 4.46. The minimum atomic E-state index is -3.68. The Morgan fingerprint density at radius 3 is 2.27 bits per heavy atom. The molecular formula is C13H16N2O4S3. The SMILES string of the molecule is NS(=O)(=O)c1ccc(CCCNS(=O)(=O)c2cccs2)cc1. The Bertz CT molecular complexity index is 811. The third kappa shape index (κ3) is 4.62. The number of aryl methyl sites for hydroxylation is 1. The van der Waals surface area contributed by atoms with Gasteiger partial charge in [0.2, 0.25) is 20.0 Å². The van der Waals surface area contributed by atoms with Gasteiger partial charge in [-0.1, -0.05) is 18.2 Å². The van der Waals surface area contributed by atoms with Gasteiger partial charge in [-0.15, -0.1) is 11.3 Å². The number of sulfonamides is 2. The van der Waals surface area contributed by atoms with Crippen LogP contribution in [0.2, 0.25) is 0 Å². The average molecular weight is 360 g/mol. The summed E-state index contributed by atoms with van der Waals surface area (Å²) in [5.41, 5.74) is 0.919. The van der Waals surface area contributed by atoms with E-state index >= 15 is 0 Å². The van der Waals surface area contributed by atoms with Crippen molar-refractivity contribution < 1.29 is 16.8 Å². The number of thiophene rings is 1. The van der Waals surface area contributed by atoms with E-state index in [0.29, 0.717) is 23.6 Å². The van der Waals surface area contributed by atoms with Crippen LogP contribution in [0.25, 0.3) is 0 Å². The number of benzene rings is 1. The van der Waals surface area contributed by atoms with Crippen molar-refractivity contribution in [1.82, 2.24) is 4.72 Å². The Hall–Kier alpha value is -1.26. The van der Waals surface area contributed by atoms with Crippen molar-refractivity contribution in [3.63, 3.8) is 0 Å². The first-order chi connectivity index (χ1) is 10.3. The number of hydrogen-bond donors (Lipinski definition) is 2. The molecule has 0 fully saturated rings. The predicted molar refractivity (Wildman–Crippen MR) is 85.6 cm³/mol. The maximum atomic E-state index is 11.9. The van der Waals surface area contributed by atoms with Crippen molar-refractivity contribution >= 4 is 31.4 Å². The molecule has 0 unspecified atom stereocenters. The standard InChI is InChI=1S/C13H16N2O4S3/c14-21(16,17)12-7-5-11(6-8-12)3-1-9-15-22(18,19)13-4-2-10-20-13/h2,4-8,10,15H,1,3,9H2,(H2,14,16,17). The van der Waals surface area contributed by atoms with E-state index in [1.54, 1.807) is 29.6 Å². The van der Waals surface area contributed by atoms with E-state index in [4.69, 9.17) is 5.14 Å². The smallest absolute Gasteiger partial charge is 0.225 e. The number of nitrogens with two attached hydrogens (primary N) is 1. The molecule has 0 aliphatic heterocycles. The highest BCUT2D eigenvalue weighted by molar-refractivity contribution is 7.91. The van der Waals surface area contributed by atoms with Crippen molar-refractivity contribution in [1.29, 1.82) is 0 Å². The van der Waals surface area contributed by atoms with Crippen LogP contribution in [0.5, 0.6) is 0 Å². The summed E-state index contributed by atoms with van der Waals surface area (Å²) < 4.78 is 48.8. The van der Waals surface area contributed by atoms with Gasteiger partial charge in [0, 0.05) is 6.54 Å². The zero-order valence-electron chi connectivity index (χ0n) is 11.6. The van der Waals surface area contributed by atoms with Crippen LogP contribution < -0.4 is 9.86 Å². The Morgan fingerprint density at radius 2 is 1.73 bits per heavy atom. The quantitative estimate of drug-likeness (QED) is 0.726. The highest BCUT2D eigenvalue weighted by Gasteiger charge is 2.13. The van der Waals surface area contributed by atoms with Crippen LogP contribution in [-0.4, -0.2) is 23.4 Å². The zero-order chi connectivity index (χ0) is 16.2. The van der Waals surface area contributed by atoms with Gasteiger partial charge < -0.3 is 0 Å². The molecule has 1 aromatic heterocycles. The molecule has 0 aliphatic carbocycles. The first-order valence-electron chi connectivity index (χ1n) is 6.44. The van der Waals surface area contributed by atoms with E-state index in [-0.39, 0.29) is 4.90 Å². The number of hydrogen-bond acceptors (Lipinski definition) is 5. The molecule has 2 rings (SSSR count).